The summed E-state index contributed by atoms with van der Waals surface area (Å²) < 4.78 is 13.0. The minimum absolute atomic E-state index is 0.447. The SMILES string of the molecule is COc1ccc(-c2nn3c(N4CCOCC4)cccc3c2-c2ccnc(NC3CCCC3)n2)cc1. The molecule has 0 amide bonds. The summed E-state index contributed by atoms with van der Waals surface area (Å²) in [4.78, 5) is 11.8. The normalized spacial score (nSPS) is 16.7. The zero-order valence-electron chi connectivity index (χ0n) is 20.0. The predicted octanol–water partition coefficient (Wildman–Crippen LogP) is 4.66. The van der Waals surface area contributed by atoms with Gasteiger partial charge >= 0.3 is 0 Å². The van der Waals surface area contributed by atoms with Crippen LogP contribution in [0.15, 0.2) is 54.7 Å². The Hall–Kier alpha value is -3.65. The van der Waals surface area contributed by atoms with Crippen molar-refractivity contribution in [3.63, 3.8) is 0 Å². The summed E-state index contributed by atoms with van der Waals surface area (Å²) in [5, 5.41) is 8.68. The van der Waals surface area contributed by atoms with E-state index < -0.39 is 0 Å². The van der Waals surface area contributed by atoms with E-state index in [4.69, 9.17) is 19.6 Å². The molecule has 1 aliphatic heterocycles. The number of fused-ring (bicyclic) bond motifs is 1. The summed E-state index contributed by atoms with van der Waals surface area (Å²) in [5.74, 6) is 2.56. The van der Waals surface area contributed by atoms with Crippen molar-refractivity contribution in [1.82, 2.24) is 19.6 Å². The Balaban J connectivity index is 1.49. The molecule has 1 aliphatic carbocycles. The number of nitrogens with zero attached hydrogens (tertiary/aromatic N) is 5. The zero-order chi connectivity index (χ0) is 23.6. The summed E-state index contributed by atoms with van der Waals surface area (Å²) >= 11 is 0. The van der Waals surface area contributed by atoms with Crippen LogP contribution in [0.5, 0.6) is 5.75 Å². The van der Waals surface area contributed by atoms with Gasteiger partial charge in [0.25, 0.3) is 0 Å². The number of hydrogen-bond acceptors (Lipinski definition) is 7. The Morgan fingerprint density at radius 2 is 1.80 bits per heavy atom. The lowest BCUT2D eigenvalue weighted by molar-refractivity contribution is 0.122. The van der Waals surface area contributed by atoms with Crippen LogP contribution in [0.2, 0.25) is 0 Å². The molecule has 1 saturated heterocycles. The molecule has 1 saturated carbocycles. The van der Waals surface area contributed by atoms with E-state index in [0.29, 0.717) is 12.0 Å². The zero-order valence-corrected chi connectivity index (χ0v) is 20.0. The number of aromatic nitrogens is 4. The maximum Gasteiger partial charge on any atom is 0.223 e. The molecule has 2 fully saturated rings. The van der Waals surface area contributed by atoms with Crippen LogP contribution < -0.4 is 15.0 Å². The third kappa shape index (κ3) is 4.30. The van der Waals surface area contributed by atoms with Crippen molar-refractivity contribution in [2.75, 3.05) is 43.6 Å². The standard InChI is InChI=1S/C27H30N6O2/c1-34-21-11-9-19(10-12-21)26-25(22-13-14-28-27(30-22)29-20-5-2-3-6-20)23-7-4-8-24(33(23)31-26)32-15-17-35-18-16-32/h4,7-14,20H,2-3,5-6,15-18H2,1H3,(H,28,29,30). The minimum Gasteiger partial charge on any atom is -0.497 e. The molecule has 180 valence electrons. The van der Waals surface area contributed by atoms with Crippen molar-refractivity contribution < 1.29 is 9.47 Å². The van der Waals surface area contributed by atoms with E-state index in [1.54, 1.807) is 7.11 Å². The van der Waals surface area contributed by atoms with Crippen molar-refractivity contribution in [3.05, 3.63) is 54.7 Å². The molecular formula is C27H30N6O2. The first-order valence-corrected chi connectivity index (χ1v) is 12.4. The van der Waals surface area contributed by atoms with E-state index in [2.05, 4.69) is 45.5 Å². The number of pyridine rings is 1. The van der Waals surface area contributed by atoms with E-state index in [1.807, 2.05) is 28.9 Å². The third-order valence-electron chi connectivity index (χ3n) is 6.94. The maximum atomic E-state index is 5.58. The van der Waals surface area contributed by atoms with Gasteiger partial charge in [-0.3, -0.25) is 0 Å². The molecule has 0 radical (unpaired) electrons. The third-order valence-corrected chi connectivity index (χ3v) is 6.94. The van der Waals surface area contributed by atoms with E-state index in [0.717, 1.165) is 65.9 Å². The quantitative estimate of drug-likeness (QED) is 0.439. The van der Waals surface area contributed by atoms with Gasteiger partial charge in [0.1, 0.15) is 17.3 Å². The Bertz CT molecular complexity index is 1310. The van der Waals surface area contributed by atoms with E-state index in [1.165, 1.54) is 25.7 Å². The van der Waals surface area contributed by atoms with Gasteiger partial charge in [0.05, 0.1) is 37.1 Å². The van der Waals surface area contributed by atoms with Gasteiger partial charge in [-0.15, -0.1) is 0 Å². The van der Waals surface area contributed by atoms with Gasteiger partial charge in [-0.25, -0.2) is 14.5 Å². The molecule has 2 aliphatic rings. The van der Waals surface area contributed by atoms with Crippen LogP contribution in [0, 0.1) is 0 Å². The van der Waals surface area contributed by atoms with Gasteiger partial charge in [-0.2, -0.15) is 5.10 Å². The topological polar surface area (TPSA) is 76.8 Å². The first kappa shape index (κ1) is 21.9. The van der Waals surface area contributed by atoms with Crippen molar-refractivity contribution in [2.24, 2.45) is 0 Å². The molecule has 0 unspecified atom stereocenters. The fraction of sp³-hybridized carbons (Fsp3) is 0.370. The van der Waals surface area contributed by atoms with Gasteiger partial charge in [0.2, 0.25) is 5.95 Å². The average molecular weight is 471 g/mol. The van der Waals surface area contributed by atoms with Crippen LogP contribution in [0.3, 0.4) is 0 Å². The monoisotopic (exact) mass is 470 g/mol. The largest absolute Gasteiger partial charge is 0.497 e. The van der Waals surface area contributed by atoms with Crippen molar-refractivity contribution in [3.8, 4) is 28.3 Å². The first-order chi connectivity index (χ1) is 17.3. The lowest BCUT2D eigenvalue weighted by Gasteiger charge is -2.28. The second-order valence-electron chi connectivity index (χ2n) is 9.12. The second-order valence-corrected chi connectivity index (χ2v) is 9.12. The smallest absolute Gasteiger partial charge is 0.223 e. The van der Waals surface area contributed by atoms with E-state index in [-0.39, 0.29) is 0 Å². The van der Waals surface area contributed by atoms with Gasteiger partial charge in [-0.05, 0) is 55.3 Å². The molecule has 6 rings (SSSR count). The van der Waals surface area contributed by atoms with Crippen LogP contribution in [0.4, 0.5) is 11.8 Å². The number of methoxy groups -OCH3 is 1. The molecule has 4 heterocycles. The second kappa shape index (κ2) is 9.54. The summed E-state index contributed by atoms with van der Waals surface area (Å²) in [7, 11) is 1.68. The highest BCUT2D eigenvalue weighted by Crippen LogP contribution is 2.37. The van der Waals surface area contributed by atoms with E-state index in [9.17, 15) is 0 Å². The van der Waals surface area contributed by atoms with Crippen LogP contribution in [0.25, 0.3) is 28.0 Å². The number of hydrogen-bond donors (Lipinski definition) is 1. The predicted molar refractivity (Wildman–Crippen MR) is 137 cm³/mol. The Kier molecular flexibility index (Phi) is 5.96. The number of ether oxygens (including phenoxy) is 2. The van der Waals surface area contributed by atoms with Crippen LogP contribution in [-0.4, -0.2) is 59.0 Å². The van der Waals surface area contributed by atoms with E-state index >= 15 is 0 Å². The first-order valence-electron chi connectivity index (χ1n) is 12.4. The molecule has 0 spiro atoms. The molecule has 0 atom stereocenters. The lowest BCUT2D eigenvalue weighted by atomic mass is 10.0. The molecule has 8 nitrogen and oxygen atoms in total. The number of benzene rings is 1. The average Bonchev–Trinajstić information content (AvgIpc) is 3.57. The van der Waals surface area contributed by atoms with Crippen molar-refractivity contribution in [2.45, 2.75) is 31.7 Å². The minimum atomic E-state index is 0.447. The number of morpholine rings is 1. The summed E-state index contributed by atoms with van der Waals surface area (Å²) in [6.45, 7) is 3.13. The van der Waals surface area contributed by atoms with Crippen LogP contribution in [0.1, 0.15) is 25.7 Å². The molecule has 3 aromatic heterocycles. The van der Waals surface area contributed by atoms with Gasteiger partial charge < -0.3 is 19.7 Å². The molecule has 1 N–H and O–H groups in total. The summed E-state index contributed by atoms with van der Waals surface area (Å²) in [6, 6.07) is 16.8. The van der Waals surface area contributed by atoms with Gasteiger partial charge in [-0.1, -0.05) is 18.9 Å². The van der Waals surface area contributed by atoms with Gasteiger partial charge in [0.15, 0.2) is 0 Å². The van der Waals surface area contributed by atoms with Crippen molar-refractivity contribution >= 4 is 17.3 Å². The van der Waals surface area contributed by atoms with Crippen molar-refractivity contribution in [1.29, 1.82) is 0 Å². The Labute approximate surface area is 204 Å². The molecule has 0 bridgehead atoms. The highest BCUT2D eigenvalue weighted by atomic mass is 16.5. The molecule has 8 heteroatoms. The number of rotatable bonds is 6. The lowest BCUT2D eigenvalue weighted by Crippen LogP contribution is -2.37. The fourth-order valence-electron chi connectivity index (χ4n) is 5.11. The number of anilines is 2. The molecule has 4 aromatic rings. The number of nitrogens with one attached hydrogen (secondary N) is 1. The van der Waals surface area contributed by atoms with Crippen LogP contribution >= 0.6 is 0 Å². The summed E-state index contributed by atoms with van der Waals surface area (Å²) in [5.41, 5.74) is 4.79. The highest BCUT2D eigenvalue weighted by molar-refractivity contribution is 5.91. The maximum absolute atomic E-state index is 5.58. The molecule has 35 heavy (non-hydrogen) atoms. The summed E-state index contributed by atoms with van der Waals surface area (Å²) in [6.07, 6.45) is 6.70. The Morgan fingerprint density at radius 1 is 1.00 bits per heavy atom. The van der Waals surface area contributed by atoms with Crippen LogP contribution in [-0.2, 0) is 4.74 Å². The Morgan fingerprint density at radius 3 is 2.57 bits per heavy atom. The highest BCUT2D eigenvalue weighted by Gasteiger charge is 2.23. The van der Waals surface area contributed by atoms with Gasteiger partial charge in [0, 0.05) is 30.9 Å². The fourth-order valence-corrected chi connectivity index (χ4v) is 5.11. The molecule has 1 aromatic carbocycles. The molecular weight excluding hydrogens is 440 g/mol.